The monoisotopic (exact) mass is 621 g/mol. The summed E-state index contributed by atoms with van der Waals surface area (Å²) >= 11 is 0. The van der Waals surface area contributed by atoms with Gasteiger partial charge in [0.2, 0.25) is 5.88 Å². The van der Waals surface area contributed by atoms with Gasteiger partial charge in [-0.15, -0.1) is 6.42 Å². The first kappa shape index (κ1) is 30.7. The van der Waals surface area contributed by atoms with Crippen LogP contribution in [0.5, 0.6) is 17.6 Å². The number of terminal acetylenes is 1. The number of hydrogen-bond donors (Lipinski definition) is 3. The molecule has 2 aromatic carbocycles. The maximum Gasteiger partial charge on any atom is 0.318 e. The fourth-order valence-electron chi connectivity index (χ4n) is 6.39. The van der Waals surface area contributed by atoms with Crippen molar-refractivity contribution in [3.8, 4) is 41.2 Å². The number of alkyl halides is 1. The highest BCUT2D eigenvalue weighted by Gasteiger charge is 2.44. The summed E-state index contributed by atoms with van der Waals surface area (Å²) in [5.74, 6) is 0.691. The summed E-state index contributed by atoms with van der Waals surface area (Å²) in [6, 6.07) is 5.12. The predicted molar refractivity (Wildman–Crippen MR) is 164 cm³/mol. The van der Waals surface area contributed by atoms with Gasteiger partial charge in [-0.25, -0.2) is 18.2 Å². The second kappa shape index (κ2) is 11.5. The number of fused-ring (bicyclic) bond motifs is 3. The number of hydrogen-bond acceptors (Lipinski definition) is 9. The molecule has 7 rings (SSSR count). The average molecular weight is 622 g/mol. The molecule has 9 nitrogen and oxygen atoms in total. The summed E-state index contributed by atoms with van der Waals surface area (Å²) in [6.07, 6.45) is 9.51. The van der Waals surface area contributed by atoms with Crippen molar-refractivity contribution in [1.82, 2.24) is 19.9 Å². The van der Waals surface area contributed by atoms with Crippen LogP contribution in [-0.2, 0) is 0 Å². The molecular weight excluding hydrogens is 587 g/mol. The normalized spacial score (nSPS) is 21.6. The first-order valence-electron chi connectivity index (χ1n) is 14.8. The number of anilines is 1. The van der Waals surface area contributed by atoms with Gasteiger partial charge >= 0.3 is 6.01 Å². The number of benzene rings is 2. The van der Waals surface area contributed by atoms with Crippen molar-refractivity contribution in [3.63, 3.8) is 0 Å². The van der Waals surface area contributed by atoms with Gasteiger partial charge in [0.15, 0.2) is 5.82 Å². The van der Waals surface area contributed by atoms with Crippen molar-refractivity contribution in [2.24, 2.45) is 0 Å². The minimum absolute atomic E-state index is 0.0282. The summed E-state index contributed by atoms with van der Waals surface area (Å²) in [7, 11) is 2.68. The van der Waals surface area contributed by atoms with Gasteiger partial charge in [-0.05, 0) is 69.2 Å². The van der Waals surface area contributed by atoms with E-state index in [1.165, 1.54) is 51.3 Å². The van der Waals surface area contributed by atoms with Crippen LogP contribution in [0, 0.1) is 24.0 Å². The van der Waals surface area contributed by atoms with E-state index in [1.807, 2.05) is 0 Å². The summed E-state index contributed by atoms with van der Waals surface area (Å²) in [5.41, 5.74) is -1.11. The molecule has 1 aliphatic carbocycles. The molecule has 4 heterocycles. The topological polar surface area (TPSA) is 113 Å². The number of phenolic OH excluding ortho intramolecular Hbond substituents is 1. The molecule has 2 aromatic heterocycles. The number of aromatic nitrogens is 3. The quantitative estimate of drug-likeness (QED) is 0.246. The van der Waals surface area contributed by atoms with E-state index in [9.17, 15) is 19.0 Å². The Bertz CT molecular complexity index is 1840. The lowest BCUT2D eigenvalue weighted by Crippen LogP contribution is -2.34. The van der Waals surface area contributed by atoms with E-state index in [1.54, 1.807) is 0 Å². The van der Waals surface area contributed by atoms with Gasteiger partial charge in [0.1, 0.15) is 40.2 Å². The third-order valence-corrected chi connectivity index (χ3v) is 8.96. The number of aliphatic hydroxyl groups is 1. The van der Waals surface area contributed by atoms with E-state index in [-0.39, 0.29) is 68.7 Å². The van der Waals surface area contributed by atoms with Crippen LogP contribution >= 0.6 is 0 Å². The molecule has 45 heavy (non-hydrogen) atoms. The Morgan fingerprint density at radius 2 is 1.89 bits per heavy atom. The van der Waals surface area contributed by atoms with Crippen LogP contribution in [0.2, 0.25) is 0 Å². The lowest BCUT2D eigenvalue weighted by Gasteiger charge is -2.25. The highest BCUT2D eigenvalue weighted by atomic mass is 19.1. The number of ether oxygens (including phenoxy) is 2. The zero-order chi connectivity index (χ0) is 32.1. The van der Waals surface area contributed by atoms with Crippen molar-refractivity contribution in [2.75, 3.05) is 39.2 Å². The van der Waals surface area contributed by atoms with Gasteiger partial charge in [-0.2, -0.15) is 9.97 Å². The standard InChI is InChI=1S/C25H20F2N4O4.C8H14FN/c1-4-14-16(26)6-5-12-9-13(32)10-15(17(12)14)20-19(27)21-18(23(29-20)34-2)22(31-24(30-21)35-3)28-11-25(33)7-8-25;1-8-3-2-4-10(8)6-7(9)5-8/h1,5-6,9-10,32-33H,7-8,11H2,2-3H3,(H,28,30,31);7H,2-6H2,1H3. The van der Waals surface area contributed by atoms with Crippen molar-refractivity contribution in [2.45, 2.75) is 56.3 Å². The number of methoxy groups -OCH3 is 2. The molecular formula is C33H34F3N5O4. The molecule has 4 aromatic rings. The second-order valence-corrected chi connectivity index (χ2v) is 12.2. The Morgan fingerprint density at radius 3 is 2.56 bits per heavy atom. The Hall–Kier alpha value is -4.34. The second-order valence-electron chi connectivity index (χ2n) is 12.2. The number of pyridine rings is 1. The molecule has 2 atom stereocenters. The van der Waals surface area contributed by atoms with Crippen LogP contribution in [0.25, 0.3) is 32.9 Å². The zero-order valence-electron chi connectivity index (χ0n) is 25.3. The Kier molecular flexibility index (Phi) is 7.87. The van der Waals surface area contributed by atoms with Crippen molar-refractivity contribution < 1.29 is 32.9 Å². The molecule has 3 N–H and O–H groups in total. The highest BCUT2D eigenvalue weighted by molar-refractivity contribution is 6.04. The molecule has 0 radical (unpaired) electrons. The molecule has 12 heteroatoms. The van der Waals surface area contributed by atoms with E-state index in [4.69, 9.17) is 15.9 Å². The summed E-state index contributed by atoms with van der Waals surface area (Å²) in [6.45, 7) is 4.18. The molecule has 0 amide bonds. The van der Waals surface area contributed by atoms with E-state index < -0.39 is 23.4 Å². The molecule has 0 spiro atoms. The first-order chi connectivity index (χ1) is 21.5. The SMILES string of the molecule is C#Cc1c(F)ccc2cc(O)cc(-c3nc(OC)c4c(NCC5(O)CC5)nc(OC)nc4c3F)c12.CC12CCCN1CC(F)C2. The van der Waals surface area contributed by atoms with Crippen molar-refractivity contribution >= 4 is 27.5 Å². The van der Waals surface area contributed by atoms with Crippen molar-refractivity contribution in [3.05, 3.63) is 41.5 Å². The third kappa shape index (κ3) is 5.66. The summed E-state index contributed by atoms with van der Waals surface area (Å²) < 4.78 is 54.1. The number of rotatable bonds is 6. The number of nitrogens with one attached hydrogen (secondary N) is 1. The van der Waals surface area contributed by atoms with E-state index >= 15 is 4.39 Å². The number of phenols is 1. The predicted octanol–water partition coefficient (Wildman–Crippen LogP) is 5.35. The molecule has 0 bridgehead atoms. The maximum atomic E-state index is 16.1. The Balaban J connectivity index is 0.000000301. The highest BCUT2D eigenvalue weighted by Crippen LogP contribution is 2.42. The lowest BCUT2D eigenvalue weighted by atomic mass is 9.95. The molecule has 2 aliphatic heterocycles. The van der Waals surface area contributed by atoms with E-state index in [2.05, 4.69) is 38.0 Å². The van der Waals surface area contributed by atoms with Crippen LogP contribution in [0.15, 0.2) is 24.3 Å². The largest absolute Gasteiger partial charge is 0.508 e. The summed E-state index contributed by atoms with van der Waals surface area (Å²) in [4.78, 5) is 15.1. The number of aromatic hydroxyl groups is 1. The van der Waals surface area contributed by atoms with Crippen molar-refractivity contribution in [1.29, 1.82) is 0 Å². The summed E-state index contributed by atoms with van der Waals surface area (Å²) in [5, 5.41) is 24.3. The zero-order valence-corrected chi connectivity index (χ0v) is 25.3. The van der Waals surface area contributed by atoms with Gasteiger partial charge in [0, 0.05) is 29.6 Å². The smallest absolute Gasteiger partial charge is 0.318 e. The minimum Gasteiger partial charge on any atom is -0.508 e. The van der Waals surface area contributed by atoms with E-state index in [0.29, 0.717) is 24.8 Å². The average Bonchev–Trinajstić information content (AvgIpc) is 3.55. The van der Waals surface area contributed by atoms with E-state index in [0.717, 1.165) is 13.0 Å². The molecule has 3 aliphatic rings. The molecule has 1 saturated carbocycles. The lowest BCUT2D eigenvalue weighted by molar-refractivity contribution is 0.164. The molecule has 236 valence electrons. The minimum atomic E-state index is -0.881. The fourth-order valence-corrected chi connectivity index (χ4v) is 6.39. The van der Waals surface area contributed by atoms with Gasteiger partial charge in [-0.1, -0.05) is 12.0 Å². The number of halogens is 3. The van der Waals surface area contributed by atoms with Gasteiger partial charge < -0.3 is 25.0 Å². The van der Waals surface area contributed by atoms with Gasteiger partial charge in [-0.3, -0.25) is 4.90 Å². The fraction of sp³-hybridized carbons (Fsp3) is 0.424. The Morgan fingerprint density at radius 1 is 1.11 bits per heavy atom. The Labute approximate surface area is 258 Å². The number of nitrogens with zero attached hydrogens (tertiary/aromatic N) is 4. The first-order valence-corrected chi connectivity index (χ1v) is 14.8. The maximum absolute atomic E-state index is 16.1. The van der Waals surface area contributed by atoms with Crippen LogP contribution < -0.4 is 14.8 Å². The third-order valence-electron chi connectivity index (χ3n) is 8.96. The van der Waals surface area contributed by atoms with Crippen LogP contribution in [0.3, 0.4) is 0 Å². The van der Waals surface area contributed by atoms with Crippen LogP contribution in [-0.4, -0.2) is 81.2 Å². The van der Waals surface area contributed by atoms with Crippen LogP contribution in [0.1, 0.15) is 44.6 Å². The van der Waals surface area contributed by atoms with Gasteiger partial charge in [0.05, 0.1) is 25.4 Å². The van der Waals surface area contributed by atoms with Crippen LogP contribution in [0.4, 0.5) is 19.0 Å². The molecule has 3 fully saturated rings. The molecule has 2 saturated heterocycles. The molecule has 2 unspecified atom stereocenters. The van der Waals surface area contributed by atoms with Gasteiger partial charge in [0.25, 0.3) is 0 Å².